The minimum Gasteiger partial charge on any atom is -0.496 e. The van der Waals surface area contributed by atoms with Crippen molar-refractivity contribution in [2.75, 3.05) is 33.3 Å². The van der Waals surface area contributed by atoms with Crippen molar-refractivity contribution in [1.82, 2.24) is 9.80 Å². The second kappa shape index (κ2) is 6.80. The van der Waals surface area contributed by atoms with Gasteiger partial charge in [-0.2, -0.15) is 0 Å². The van der Waals surface area contributed by atoms with Gasteiger partial charge in [0.1, 0.15) is 5.75 Å². The van der Waals surface area contributed by atoms with E-state index >= 15 is 0 Å². The number of ether oxygens (including phenoxy) is 1. The molecule has 1 aromatic carbocycles. The van der Waals surface area contributed by atoms with E-state index in [9.17, 15) is 0 Å². The third-order valence-corrected chi connectivity index (χ3v) is 4.98. The summed E-state index contributed by atoms with van der Waals surface area (Å²) in [5.74, 6) is 1.08. The first-order valence-corrected chi connectivity index (χ1v) is 8.43. The predicted molar refractivity (Wildman–Crippen MR) is 86.8 cm³/mol. The fourth-order valence-corrected chi connectivity index (χ4v) is 3.64. The molecule has 1 saturated heterocycles. The molecule has 0 amide bonds. The molecule has 0 saturated carbocycles. The standard InChI is InChI=1S/C18H28N2O/c1-3-19-10-7-15-11-17(14-20-8-5-4-6-9-20)18(21-2)12-16(15)13-19/h11-12H,3-10,13-14H2,1-2H3. The van der Waals surface area contributed by atoms with Crippen LogP contribution in [0.5, 0.6) is 5.75 Å². The summed E-state index contributed by atoms with van der Waals surface area (Å²) in [7, 11) is 1.81. The lowest BCUT2D eigenvalue weighted by Gasteiger charge is -2.30. The van der Waals surface area contributed by atoms with E-state index in [-0.39, 0.29) is 0 Å². The first-order valence-electron chi connectivity index (χ1n) is 8.43. The van der Waals surface area contributed by atoms with Gasteiger partial charge in [0, 0.05) is 25.2 Å². The fourth-order valence-electron chi connectivity index (χ4n) is 3.64. The van der Waals surface area contributed by atoms with Crippen LogP contribution in [0, 0.1) is 0 Å². The molecule has 0 unspecified atom stereocenters. The third-order valence-electron chi connectivity index (χ3n) is 4.98. The molecule has 0 atom stereocenters. The first-order chi connectivity index (χ1) is 10.3. The van der Waals surface area contributed by atoms with Crippen molar-refractivity contribution in [1.29, 1.82) is 0 Å². The number of likely N-dealkylation sites (tertiary alicyclic amines) is 1. The highest BCUT2D eigenvalue weighted by molar-refractivity contribution is 5.44. The van der Waals surface area contributed by atoms with E-state index in [0.717, 1.165) is 25.4 Å². The van der Waals surface area contributed by atoms with Crippen molar-refractivity contribution >= 4 is 0 Å². The van der Waals surface area contributed by atoms with Gasteiger partial charge < -0.3 is 4.74 Å². The summed E-state index contributed by atoms with van der Waals surface area (Å²) in [6.45, 7) is 9.18. The number of nitrogens with zero attached hydrogens (tertiary/aromatic N) is 2. The van der Waals surface area contributed by atoms with Gasteiger partial charge in [-0.25, -0.2) is 0 Å². The molecule has 3 nitrogen and oxygen atoms in total. The van der Waals surface area contributed by atoms with Gasteiger partial charge >= 0.3 is 0 Å². The van der Waals surface area contributed by atoms with Gasteiger partial charge in [0.25, 0.3) is 0 Å². The van der Waals surface area contributed by atoms with Crippen LogP contribution < -0.4 is 4.74 Å². The third kappa shape index (κ3) is 3.41. The van der Waals surface area contributed by atoms with Gasteiger partial charge in [-0.3, -0.25) is 9.80 Å². The molecule has 1 aromatic rings. The van der Waals surface area contributed by atoms with Crippen LogP contribution in [0.2, 0.25) is 0 Å². The molecule has 3 heteroatoms. The Morgan fingerprint density at radius 1 is 1.00 bits per heavy atom. The molecule has 0 aromatic heterocycles. The zero-order valence-corrected chi connectivity index (χ0v) is 13.5. The normalized spacial score (nSPS) is 20.3. The van der Waals surface area contributed by atoms with Crippen LogP contribution in [0.3, 0.4) is 0 Å². The zero-order valence-electron chi connectivity index (χ0n) is 13.5. The largest absolute Gasteiger partial charge is 0.496 e. The Bertz CT molecular complexity index is 480. The predicted octanol–water partition coefficient (Wildman–Crippen LogP) is 3.06. The quantitative estimate of drug-likeness (QED) is 0.847. The number of hydrogen-bond acceptors (Lipinski definition) is 3. The van der Waals surface area contributed by atoms with Gasteiger partial charge in [-0.1, -0.05) is 19.4 Å². The fraction of sp³-hybridized carbons (Fsp3) is 0.667. The maximum atomic E-state index is 5.68. The monoisotopic (exact) mass is 288 g/mol. The zero-order chi connectivity index (χ0) is 14.7. The maximum Gasteiger partial charge on any atom is 0.123 e. The molecule has 1 fully saturated rings. The van der Waals surface area contributed by atoms with Crippen molar-refractivity contribution in [2.45, 2.75) is 45.7 Å². The number of rotatable bonds is 4. The number of hydrogen-bond donors (Lipinski definition) is 0. The molecular weight excluding hydrogens is 260 g/mol. The van der Waals surface area contributed by atoms with Crippen LogP contribution in [0.15, 0.2) is 12.1 Å². The molecule has 2 aliphatic heterocycles. The molecule has 21 heavy (non-hydrogen) atoms. The van der Waals surface area contributed by atoms with Crippen molar-refractivity contribution in [2.24, 2.45) is 0 Å². The Morgan fingerprint density at radius 3 is 2.52 bits per heavy atom. The molecule has 116 valence electrons. The SMILES string of the molecule is CCN1CCc2cc(CN3CCCCC3)c(OC)cc2C1. The summed E-state index contributed by atoms with van der Waals surface area (Å²) >= 11 is 0. The molecule has 3 rings (SSSR count). The van der Waals surface area contributed by atoms with Gasteiger partial charge in [0.2, 0.25) is 0 Å². The van der Waals surface area contributed by atoms with Crippen molar-refractivity contribution in [3.8, 4) is 5.75 Å². The van der Waals surface area contributed by atoms with Gasteiger partial charge in [0.05, 0.1) is 7.11 Å². The van der Waals surface area contributed by atoms with Crippen LogP contribution in [-0.2, 0) is 19.5 Å². The Labute approximate surface area is 128 Å². The number of fused-ring (bicyclic) bond motifs is 1. The summed E-state index contributed by atoms with van der Waals surface area (Å²) in [4.78, 5) is 5.08. The molecule has 0 bridgehead atoms. The maximum absolute atomic E-state index is 5.68. The highest BCUT2D eigenvalue weighted by atomic mass is 16.5. The van der Waals surface area contributed by atoms with E-state index in [2.05, 4.69) is 28.9 Å². The molecule has 0 radical (unpaired) electrons. The van der Waals surface area contributed by atoms with E-state index in [4.69, 9.17) is 4.74 Å². The average molecular weight is 288 g/mol. The van der Waals surface area contributed by atoms with E-state index in [1.807, 2.05) is 7.11 Å². The minimum atomic E-state index is 1.05. The highest BCUT2D eigenvalue weighted by Crippen LogP contribution is 2.29. The molecule has 0 spiro atoms. The molecular formula is C18H28N2O. The number of piperidine rings is 1. The summed E-state index contributed by atoms with van der Waals surface area (Å²) in [6, 6.07) is 4.70. The Hall–Kier alpha value is -1.06. The Morgan fingerprint density at radius 2 is 1.81 bits per heavy atom. The summed E-state index contributed by atoms with van der Waals surface area (Å²) in [5, 5.41) is 0. The van der Waals surface area contributed by atoms with Crippen molar-refractivity contribution in [3.63, 3.8) is 0 Å². The molecule has 0 aliphatic carbocycles. The number of likely N-dealkylation sites (N-methyl/N-ethyl adjacent to an activating group) is 1. The van der Waals surface area contributed by atoms with E-state index in [1.54, 1.807) is 0 Å². The minimum absolute atomic E-state index is 1.05. The lowest BCUT2D eigenvalue weighted by molar-refractivity contribution is 0.217. The smallest absolute Gasteiger partial charge is 0.123 e. The second-order valence-electron chi connectivity index (χ2n) is 6.39. The summed E-state index contributed by atoms with van der Waals surface area (Å²) in [5.41, 5.74) is 4.37. The number of methoxy groups -OCH3 is 1. The molecule has 2 heterocycles. The van der Waals surface area contributed by atoms with Gasteiger partial charge in [-0.05, 0) is 56.1 Å². The van der Waals surface area contributed by atoms with Crippen LogP contribution in [0.25, 0.3) is 0 Å². The average Bonchev–Trinajstić information content (AvgIpc) is 2.54. The Kier molecular flexibility index (Phi) is 4.81. The highest BCUT2D eigenvalue weighted by Gasteiger charge is 2.19. The van der Waals surface area contributed by atoms with Gasteiger partial charge in [-0.15, -0.1) is 0 Å². The topological polar surface area (TPSA) is 15.7 Å². The summed E-state index contributed by atoms with van der Waals surface area (Å²) < 4.78 is 5.68. The van der Waals surface area contributed by atoms with E-state index < -0.39 is 0 Å². The first kappa shape index (κ1) is 14.9. The number of benzene rings is 1. The van der Waals surface area contributed by atoms with Crippen LogP contribution in [0.4, 0.5) is 0 Å². The second-order valence-corrected chi connectivity index (χ2v) is 6.39. The molecule has 2 aliphatic rings. The van der Waals surface area contributed by atoms with Crippen LogP contribution in [-0.4, -0.2) is 43.1 Å². The summed E-state index contributed by atoms with van der Waals surface area (Å²) in [6.07, 6.45) is 5.27. The molecule has 0 N–H and O–H groups in total. The Balaban J connectivity index is 1.80. The van der Waals surface area contributed by atoms with Crippen molar-refractivity contribution in [3.05, 3.63) is 28.8 Å². The van der Waals surface area contributed by atoms with Gasteiger partial charge in [0.15, 0.2) is 0 Å². The van der Waals surface area contributed by atoms with E-state index in [0.29, 0.717) is 0 Å². The van der Waals surface area contributed by atoms with Crippen LogP contribution >= 0.6 is 0 Å². The van der Waals surface area contributed by atoms with Crippen LogP contribution in [0.1, 0.15) is 42.9 Å². The van der Waals surface area contributed by atoms with E-state index in [1.165, 1.54) is 62.0 Å². The van der Waals surface area contributed by atoms with Crippen molar-refractivity contribution < 1.29 is 4.74 Å². The lowest BCUT2D eigenvalue weighted by atomic mass is 9.96. The lowest BCUT2D eigenvalue weighted by Crippen LogP contribution is -2.31.